The number of rotatable bonds is 6. The fourth-order valence-electron chi connectivity index (χ4n) is 2.57. The molecule has 0 spiro atoms. The van der Waals surface area contributed by atoms with Gasteiger partial charge in [0.25, 0.3) is 0 Å². The van der Waals surface area contributed by atoms with E-state index in [9.17, 15) is 23.5 Å². The van der Waals surface area contributed by atoms with Crippen molar-refractivity contribution in [2.75, 3.05) is 0 Å². The Labute approximate surface area is 163 Å². The third kappa shape index (κ3) is 4.58. The highest BCUT2D eigenvalue weighted by Gasteiger charge is 2.23. The molecule has 3 rings (SSSR count). The Bertz CT molecular complexity index is 1020. The number of thiazole rings is 1. The molecule has 2 N–H and O–H groups in total. The first kappa shape index (κ1) is 19.6. The topological polar surface area (TPSA) is 79.3 Å². The van der Waals surface area contributed by atoms with Gasteiger partial charge in [-0.2, -0.15) is 0 Å². The summed E-state index contributed by atoms with van der Waals surface area (Å²) in [5.74, 6) is -4.23. The van der Waals surface area contributed by atoms with Crippen molar-refractivity contribution in [2.24, 2.45) is 0 Å². The molecule has 0 saturated carbocycles. The van der Waals surface area contributed by atoms with Crippen molar-refractivity contribution in [1.29, 1.82) is 0 Å². The summed E-state index contributed by atoms with van der Waals surface area (Å²) in [5, 5.41) is 14.1. The molecule has 2 aromatic carbocycles. The van der Waals surface area contributed by atoms with Gasteiger partial charge in [-0.05, 0) is 24.6 Å². The van der Waals surface area contributed by atoms with E-state index in [1.807, 2.05) is 31.2 Å². The van der Waals surface area contributed by atoms with Gasteiger partial charge in [0.1, 0.15) is 5.01 Å². The van der Waals surface area contributed by atoms with E-state index in [0.29, 0.717) is 5.69 Å². The predicted octanol–water partition coefficient (Wildman–Crippen LogP) is 3.88. The van der Waals surface area contributed by atoms with Gasteiger partial charge in [0.15, 0.2) is 17.7 Å². The standard InChI is InChI=1S/C20H16F2N2O3S/c1-11-2-4-12(5-3-11)19-23-14(10-28-19)9-17(25)24-18(20(26)27)13-6-7-15(21)16(22)8-13/h2-8,10,18H,9H2,1H3,(H,24,25)(H,26,27). The number of hydrogen-bond acceptors (Lipinski definition) is 4. The molecule has 1 heterocycles. The van der Waals surface area contributed by atoms with E-state index >= 15 is 0 Å². The van der Waals surface area contributed by atoms with Gasteiger partial charge in [-0.25, -0.2) is 18.6 Å². The minimum absolute atomic E-state index is 0.0571. The zero-order valence-electron chi connectivity index (χ0n) is 14.8. The third-order valence-corrected chi connectivity index (χ3v) is 4.96. The monoisotopic (exact) mass is 402 g/mol. The minimum Gasteiger partial charge on any atom is -0.479 e. The van der Waals surface area contributed by atoms with Crippen molar-refractivity contribution >= 4 is 23.2 Å². The van der Waals surface area contributed by atoms with Gasteiger partial charge in [-0.15, -0.1) is 11.3 Å². The molecule has 1 unspecified atom stereocenters. The first-order valence-electron chi connectivity index (χ1n) is 8.32. The van der Waals surface area contributed by atoms with Crippen LogP contribution in [-0.4, -0.2) is 22.0 Å². The molecule has 1 aromatic heterocycles. The molecular weight excluding hydrogens is 386 g/mol. The molecular formula is C20H16F2N2O3S. The molecule has 0 aliphatic rings. The number of aliphatic carboxylic acids is 1. The van der Waals surface area contributed by atoms with Crippen molar-refractivity contribution in [3.63, 3.8) is 0 Å². The summed E-state index contributed by atoms with van der Waals surface area (Å²) in [7, 11) is 0. The van der Waals surface area contributed by atoms with Gasteiger partial charge >= 0.3 is 5.97 Å². The van der Waals surface area contributed by atoms with Gasteiger partial charge in [0.2, 0.25) is 5.91 Å². The minimum atomic E-state index is -1.49. The first-order chi connectivity index (χ1) is 13.3. The van der Waals surface area contributed by atoms with Crippen LogP contribution >= 0.6 is 11.3 Å². The molecule has 0 bridgehead atoms. The van der Waals surface area contributed by atoms with Gasteiger partial charge < -0.3 is 10.4 Å². The number of carbonyl (C=O) groups is 2. The summed E-state index contributed by atoms with van der Waals surface area (Å²) in [6.07, 6.45) is -0.129. The Morgan fingerprint density at radius 3 is 2.50 bits per heavy atom. The van der Waals surface area contributed by atoms with E-state index in [2.05, 4.69) is 10.3 Å². The molecule has 28 heavy (non-hydrogen) atoms. The summed E-state index contributed by atoms with van der Waals surface area (Å²) in [5.41, 5.74) is 2.48. The summed E-state index contributed by atoms with van der Waals surface area (Å²) in [6, 6.07) is 9.00. The SMILES string of the molecule is Cc1ccc(-c2nc(CC(=O)NC(C(=O)O)c3ccc(F)c(F)c3)cs2)cc1. The lowest BCUT2D eigenvalue weighted by atomic mass is 10.1. The summed E-state index contributed by atoms with van der Waals surface area (Å²) in [6.45, 7) is 1.98. The number of carboxylic acid groups (broad SMARTS) is 1. The zero-order chi connectivity index (χ0) is 20.3. The number of nitrogens with one attached hydrogen (secondary N) is 1. The highest BCUT2D eigenvalue weighted by molar-refractivity contribution is 7.13. The molecule has 0 saturated heterocycles. The molecule has 0 aliphatic carbocycles. The molecule has 1 amide bonds. The molecule has 1 atom stereocenters. The second kappa shape index (κ2) is 8.26. The normalized spacial score (nSPS) is 11.8. The highest BCUT2D eigenvalue weighted by atomic mass is 32.1. The lowest BCUT2D eigenvalue weighted by Crippen LogP contribution is -2.34. The number of hydrogen-bond donors (Lipinski definition) is 2. The van der Waals surface area contributed by atoms with Crippen molar-refractivity contribution in [3.8, 4) is 10.6 Å². The molecule has 5 nitrogen and oxygen atoms in total. The maximum atomic E-state index is 13.4. The number of aryl methyl sites for hydroxylation is 1. The molecule has 3 aromatic rings. The number of carbonyl (C=O) groups excluding carboxylic acids is 1. The summed E-state index contributed by atoms with van der Waals surface area (Å²) < 4.78 is 26.4. The maximum Gasteiger partial charge on any atom is 0.330 e. The van der Waals surface area contributed by atoms with E-state index < -0.39 is 29.6 Å². The Morgan fingerprint density at radius 2 is 1.86 bits per heavy atom. The molecule has 8 heteroatoms. The maximum absolute atomic E-state index is 13.4. The average Bonchev–Trinajstić information content (AvgIpc) is 3.11. The molecule has 0 aliphatic heterocycles. The van der Waals surface area contributed by atoms with Crippen molar-refractivity contribution in [1.82, 2.24) is 10.3 Å². The van der Waals surface area contributed by atoms with Crippen molar-refractivity contribution in [2.45, 2.75) is 19.4 Å². The van der Waals surface area contributed by atoms with Crippen LogP contribution in [0.15, 0.2) is 47.8 Å². The fraction of sp³-hybridized carbons (Fsp3) is 0.150. The number of amides is 1. The van der Waals surface area contributed by atoms with Crippen molar-refractivity contribution < 1.29 is 23.5 Å². The second-order valence-electron chi connectivity index (χ2n) is 6.20. The van der Waals surface area contributed by atoms with Crippen LogP contribution < -0.4 is 5.32 Å². The Hall–Kier alpha value is -3.13. The Morgan fingerprint density at radius 1 is 1.14 bits per heavy atom. The van der Waals surface area contributed by atoms with Gasteiger partial charge in [0, 0.05) is 10.9 Å². The van der Waals surface area contributed by atoms with Crippen LogP contribution in [0.4, 0.5) is 8.78 Å². The Kier molecular flexibility index (Phi) is 5.79. The van der Waals surface area contributed by atoms with Gasteiger partial charge in [-0.3, -0.25) is 4.79 Å². The van der Waals surface area contributed by atoms with Gasteiger partial charge in [-0.1, -0.05) is 35.9 Å². The lowest BCUT2D eigenvalue weighted by molar-refractivity contribution is -0.142. The van der Waals surface area contributed by atoms with E-state index in [1.54, 1.807) is 5.38 Å². The van der Waals surface area contributed by atoms with Crippen LogP contribution in [0.25, 0.3) is 10.6 Å². The van der Waals surface area contributed by atoms with Crippen LogP contribution in [0.2, 0.25) is 0 Å². The van der Waals surface area contributed by atoms with E-state index in [4.69, 9.17) is 0 Å². The van der Waals surface area contributed by atoms with Crippen LogP contribution in [0.1, 0.15) is 22.9 Å². The number of halogens is 2. The summed E-state index contributed by atoms with van der Waals surface area (Å²) >= 11 is 1.38. The van der Waals surface area contributed by atoms with E-state index in [0.717, 1.165) is 34.3 Å². The van der Waals surface area contributed by atoms with Crippen LogP contribution in [0, 0.1) is 18.6 Å². The van der Waals surface area contributed by atoms with Crippen LogP contribution in [0.3, 0.4) is 0 Å². The molecule has 0 fully saturated rings. The number of benzene rings is 2. The van der Waals surface area contributed by atoms with Crippen molar-refractivity contribution in [3.05, 3.63) is 76.3 Å². The van der Waals surface area contributed by atoms with Crippen LogP contribution in [-0.2, 0) is 16.0 Å². The quantitative estimate of drug-likeness (QED) is 0.656. The number of nitrogens with zero attached hydrogens (tertiary/aromatic N) is 1. The largest absolute Gasteiger partial charge is 0.479 e. The second-order valence-corrected chi connectivity index (χ2v) is 7.06. The average molecular weight is 402 g/mol. The fourth-order valence-corrected chi connectivity index (χ4v) is 3.40. The van der Waals surface area contributed by atoms with E-state index in [-0.39, 0.29) is 12.0 Å². The first-order valence-corrected chi connectivity index (χ1v) is 9.20. The summed E-state index contributed by atoms with van der Waals surface area (Å²) in [4.78, 5) is 28.1. The zero-order valence-corrected chi connectivity index (χ0v) is 15.6. The van der Waals surface area contributed by atoms with Gasteiger partial charge in [0.05, 0.1) is 12.1 Å². The van der Waals surface area contributed by atoms with Crippen LogP contribution in [0.5, 0.6) is 0 Å². The predicted molar refractivity (Wildman–Crippen MR) is 101 cm³/mol. The number of aromatic nitrogens is 1. The molecule has 144 valence electrons. The lowest BCUT2D eigenvalue weighted by Gasteiger charge is -2.14. The Balaban J connectivity index is 1.70. The molecule has 0 radical (unpaired) electrons. The van der Waals surface area contributed by atoms with E-state index in [1.165, 1.54) is 11.3 Å². The number of carboxylic acids is 1. The highest BCUT2D eigenvalue weighted by Crippen LogP contribution is 2.24. The smallest absolute Gasteiger partial charge is 0.330 e. The third-order valence-electron chi connectivity index (χ3n) is 4.02.